The molecule has 0 spiro atoms. The average molecular weight is 211 g/mol. The minimum absolute atomic E-state index is 0.548. The standard InChI is InChI=1S/C16H19/c1-2-4-6-14(7-5-3-1)16-12-13-8-10-15(16)11-9-13/h8-13,15H,1-6H2. The van der Waals surface area contributed by atoms with Crippen LogP contribution in [0.3, 0.4) is 0 Å². The molecule has 0 aromatic carbocycles. The fraction of sp³-hybridized carbons (Fsp3) is 0.500. The van der Waals surface area contributed by atoms with Crippen molar-refractivity contribution >= 4 is 0 Å². The van der Waals surface area contributed by atoms with E-state index < -0.39 is 0 Å². The third kappa shape index (κ3) is 1.93. The zero-order valence-corrected chi connectivity index (χ0v) is 9.78. The van der Waals surface area contributed by atoms with E-state index in [0.29, 0.717) is 11.8 Å². The van der Waals surface area contributed by atoms with Crippen molar-refractivity contribution in [2.75, 3.05) is 0 Å². The first-order chi connectivity index (χ1) is 7.93. The Morgan fingerprint density at radius 2 is 1.75 bits per heavy atom. The summed E-state index contributed by atoms with van der Waals surface area (Å²) in [6, 6.07) is 0. The van der Waals surface area contributed by atoms with Crippen molar-refractivity contribution in [2.45, 2.75) is 38.5 Å². The lowest BCUT2D eigenvalue weighted by molar-refractivity contribution is 0.615. The average Bonchev–Trinajstić information content (AvgIpc) is 2.30. The Morgan fingerprint density at radius 3 is 2.50 bits per heavy atom. The highest BCUT2D eigenvalue weighted by molar-refractivity contribution is 5.45. The van der Waals surface area contributed by atoms with E-state index in [4.69, 9.17) is 0 Å². The zero-order valence-electron chi connectivity index (χ0n) is 9.78. The number of hydrogen-bond acceptors (Lipinski definition) is 0. The van der Waals surface area contributed by atoms with Crippen LogP contribution in [0.4, 0.5) is 0 Å². The van der Waals surface area contributed by atoms with Crippen molar-refractivity contribution in [1.82, 2.24) is 0 Å². The maximum absolute atomic E-state index is 3.66. The van der Waals surface area contributed by atoms with Gasteiger partial charge in [0.05, 0.1) is 0 Å². The molecule has 0 saturated heterocycles. The molecule has 4 aliphatic rings. The largest absolute Gasteiger partial charge is 0.0769 e. The Kier molecular flexibility index (Phi) is 2.82. The molecule has 0 N–H and O–H groups in total. The highest BCUT2D eigenvalue weighted by atomic mass is 14.3. The summed E-state index contributed by atoms with van der Waals surface area (Å²) in [7, 11) is 0. The second-order valence-electron chi connectivity index (χ2n) is 5.06. The molecule has 0 saturated carbocycles. The maximum atomic E-state index is 3.66. The van der Waals surface area contributed by atoms with Crippen molar-refractivity contribution in [1.29, 1.82) is 0 Å². The van der Waals surface area contributed by atoms with Gasteiger partial charge in [0.1, 0.15) is 0 Å². The second-order valence-corrected chi connectivity index (χ2v) is 5.06. The summed E-state index contributed by atoms with van der Waals surface area (Å²) in [6.07, 6.45) is 23.3. The highest BCUT2D eigenvalue weighted by Gasteiger charge is 2.22. The Balaban J connectivity index is 1.82. The van der Waals surface area contributed by atoms with Gasteiger partial charge in [-0.2, -0.15) is 0 Å². The van der Waals surface area contributed by atoms with Gasteiger partial charge in [0, 0.05) is 11.8 Å². The van der Waals surface area contributed by atoms with Crippen LogP contribution in [-0.4, -0.2) is 0 Å². The van der Waals surface area contributed by atoms with E-state index in [0.717, 1.165) is 6.42 Å². The molecule has 0 amide bonds. The van der Waals surface area contributed by atoms with E-state index in [9.17, 15) is 0 Å². The Hall–Kier alpha value is -1.04. The first kappa shape index (κ1) is 10.1. The normalized spacial score (nSPS) is 36.2. The molecule has 0 nitrogen and oxygen atoms in total. The molecule has 0 heteroatoms. The predicted octanol–water partition coefficient (Wildman–Crippen LogP) is 4.37. The molecule has 0 aromatic rings. The molecular formula is C16H19. The summed E-state index contributed by atoms with van der Waals surface area (Å²) in [5.74, 6) is 1.10. The van der Waals surface area contributed by atoms with Gasteiger partial charge in [-0.05, 0) is 42.9 Å². The Morgan fingerprint density at radius 1 is 0.938 bits per heavy atom. The Bertz CT molecular complexity index is 365. The monoisotopic (exact) mass is 211 g/mol. The summed E-state index contributed by atoms with van der Waals surface area (Å²) in [5.41, 5.74) is 3.07. The van der Waals surface area contributed by atoms with Crippen molar-refractivity contribution < 1.29 is 0 Å². The van der Waals surface area contributed by atoms with E-state index in [1.54, 1.807) is 5.57 Å². The topological polar surface area (TPSA) is 0 Å². The molecule has 1 radical (unpaired) electrons. The van der Waals surface area contributed by atoms with Crippen molar-refractivity contribution in [2.24, 2.45) is 11.8 Å². The smallest absolute Gasteiger partial charge is 0.0199 e. The van der Waals surface area contributed by atoms with Gasteiger partial charge < -0.3 is 0 Å². The van der Waals surface area contributed by atoms with Crippen LogP contribution in [-0.2, 0) is 0 Å². The molecule has 4 aliphatic carbocycles. The lowest BCUT2D eigenvalue weighted by atomic mass is 9.77. The first-order valence-corrected chi connectivity index (χ1v) is 6.62. The Labute approximate surface area is 98.4 Å². The lowest BCUT2D eigenvalue weighted by Crippen LogP contribution is -2.13. The minimum atomic E-state index is 0.548. The van der Waals surface area contributed by atoms with Gasteiger partial charge in [0.2, 0.25) is 0 Å². The van der Waals surface area contributed by atoms with E-state index in [-0.39, 0.29) is 0 Å². The summed E-state index contributed by atoms with van der Waals surface area (Å²) in [4.78, 5) is 0. The highest BCUT2D eigenvalue weighted by Crippen LogP contribution is 2.36. The van der Waals surface area contributed by atoms with Crippen LogP contribution >= 0.6 is 0 Å². The predicted molar refractivity (Wildman–Crippen MR) is 67.8 cm³/mol. The van der Waals surface area contributed by atoms with Crippen molar-refractivity contribution in [3.8, 4) is 0 Å². The molecule has 16 heavy (non-hydrogen) atoms. The van der Waals surface area contributed by atoms with Gasteiger partial charge in [-0.1, -0.05) is 43.2 Å². The minimum Gasteiger partial charge on any atom is -0.0769 e. The molecule has 0 unspecified atom stereocenters. The van der Waals surface area contributed by atoms with Crippen LogP contribution in [0.5, 0.6) is 0 Å². The van der Waals surface area contributed by atoms with E-state index in [1.807, 2.05) is 0 Å². The number of rotatable bonds is 1. The van der Waals surface area contributed by atoms with Crippen LogP contribution < -0.4 is 0 Å². The summed E-state index contributed by atoms with van der Waals surface area (Å²) in [5, 5.41) is 0. The van der Waals surface area contributed by atoms with E-state index in [1.165, 1.54) is 37.7 Å². The molecule has 2 bridgehead atoms. The zero-order chi connectivity index (χ0) is 10.8. The van der Waals surface area contributed by atoms with Crippen LogP contribution in [0, 0.1) is 17.9 Å². The maximum Gasteiger partial charge on any atom is 0.0199 e. The van der Waals surface area contributed by atoms with Gasteiger partial charge in [-0.25, -0.2) is 0 Å². The van der Waals surface area contributed by atoms with Gasteiger partial charge in [0.25, 0.3) is 0 Å². The van der Waals surface area contributed by atoms with Gasteiger partial charge in [0.15, 0.2) is 0 Å². The molecule has 0 atom stereocenters. The summed E-state index contributed by atoms with van der Waals surface area (Å²) < 4.78 is 0. The number of allylic oxidation sites excluding steroid dienone is 8. The third-order valence-corrected chi connectivity index (χ3v) is 3.85. The lowest BCUT2D eigenvalue weighted by Gasteiger charge is -2.27. The molecule has 0 aromatic heterocycles. The van der Waals surface area contributed by atoms with E-state index >= 15 is 0 Å². The third-order valence-electron chi connectivity index (χ3n) is 3.85. The SMILES string of the molecule is [C]1=C(/C2=CC3C=CC2C=C3)CCCCCC/1. The van der Waals surface area contributed by atoms with Crippen molar-refractivity contribution in [3.05, 3.63) is 47.6 Å². The van der Waals surface area contributed by atoms with Crippen LogP contribution in [0.25, 0.3) is 0 Å². The van der Waals surface area contributed by atoms with Crippen molar-refractivity contribution in [3.63, 3.8) is 0 Å². The fourth-order valence-electron chi connectivity index (χ4n) is 2.92. The molecule has 0 fully saturated rings. The van der Waals surface area contributed by atoms with Gasteiger partial charge >= 0.3 is 0 Å². The van der Waals surface area contributed by atoms with E-state index in [2.05, 4.69) is 36.5 Å². The number of hydrogen-bond donors (Lipinski definition) is 0. The van der Waals surface area contributed by atoms with Crippen LogP contribution in [0.2, 0.25) is 0 Å². The summed E-state index contributed by atoms with van der Waals surface area (Å²) >= 11 is 0. The van der Waals surface area contributed by atoms with Gasteiger partial charge in [-0.3, -0.25) is 0 Å². The van der Waals surface area contributed by atoms with Crippen LogP contribution in [0.15, 0.2) is 41.5 Å². The molecule has 4 rings (SSSR count). The molecule has 83 valence electrons. The molecule has 0 heterocycles. The second kappa shape index (κ2) is 4.45. The van der Waals surface area contributed by atoms with Gasteiger partial charge in [-0.15, -0.1) is 0 Å². The first-order valence-electron chi connectivity index (χ1n) is 6.62. The molecule has 0 aliphatic heterocycles. The quantitative estimate of drug-likeness (QED) is 0.565. The fourth-order valence-corrected chi connectivity index (χ4v) is 2.92. The molecular weight excluding hydrogens is 192 g/mol. The van der Waals surface area contributed by atoms with Crippen LogP contribution in [0.1, 0.15) is 38.5 Å². The summed E-state index contributed by atoms with van der Waals surface area (Å²) in [6.45, 7) is 0.